The summed E-state index contributed by atoms with van der Waals surface area (Å²) in [6.07, 6.45) is -5.95. The van der Waals surface area contributed by atoms with Crippen LogP contribution in [0.5, 0.6) is 0 Å². The van der Waals surface area contributed by atoms with Gasteiger partial charge in [-0.05, 0) is 0 Å². The molecule has 1 fully saturated rings. The molecule has 4 N–H and O–H groups in total. The number of aliphatic carboxylic acids is 1. The first-order valence-electron chi connectivity index (χ1n) is 5.00. The summed E-state index contributed by atoms with van der Waals surface area (Å²) in [6.45, 7) is -1.17. The zero-order valence-electron chi connectivity index (χ0n) is 9.22. The van der Waals surface area contributed by atoms with E-state index < -0.39 is 49.9 Å². The molecule has 1 aliphatic rings. The molecular formula is C9H16O8. The summed E-state index contributed by atoms with van der Waals surface area (Å²) in [7, 11) is 1.27. The molecule has 0 aromatic heterocycles. The first-order chi connectivity index (χ1) is 8.01. The first-order valence-corrected chi connectivity index (χ1v) is 5.00. The number of carboxylic acids is 1. The molecule has 0 saturated carbocycles. The fourth-order valence-electron chi connectivity index (χ4n) is 1.61. The number of ether oxygens (including phenoxy) is 3. The zero-order valence-corrected chi connectivity index (χ0v) is 9.22. The highest BCUT2D eigenvalue weighted by Gasteiger charge is 2.45. The number of hydrogen-bond acceptors (Lipinski definition) is 7. The summed E-state index contributed by atoms with van der Waals surface area (Å²) in [4.78, 5) is 10.4. The maximum Gasteiger partial charge on any atom is 0.329 e. The van der Waals surface area contributed by atoms with E-state index in [9.17, 15) is 15.0 Å². The monoisotopic (exact) mass is 252 g/mol. The Morgan fingerprint density at radius 1 is 1.35 bits per heavy atom. The Hall–Kier alpha value is -0.770. The molecule has 8 nitrogen and oxygen atoms in total. The predicted molar refractivity (Wildman–Crippen MR) is 52.1 cm³/mol. The molecule has 0 unspecified atom stereocenters. The molecule has 0 aromatic rings. The van der Waals surface area contributed by atoms with Crippen molar-refractivity contribution in [2.24, 2.45) is 0 Å². The van der Waals surface area contributed by atoms with Crippen molar-refractivity contribution >= 4 is 5.97 Å². The number of carboxylic acid groups (broad SMARTS) is 1. The standard InChI is InChI=1S/C9H16O8/c1-15-9-7(14)8(16-3-5(11)12)6(13)4(2-10)17-9/h4,6-10,13-14H,2-3H2,1H3,(H,11,12)/t4-,6+,7-,8+,9+/m1/s1. The molecule has 1 aliphatic heterocycles. The lowest BCUT2D eigenvalue weighted by Crippen LogP contribution is -2.60. The number of methoxy groups -OCH3 is 1. The van der Waals surface area contributed by atoms with Crippen LogP contribution in [0.3, 0.4) is 0 Å². The van der Waals surface area contributed by atoms with Gasteiger partial charge < -0.3 is 34.6 Å². The second kappa shape index (κ2) is 6.24. The Bertz CT molecular complexity index is 241. The molecule has 0 spiro atoms. The van der Waals surface area contributed by atoms with Crippen LogP contribution in [0, 0.1) is 0 Å². The molecule has 0 radical (unpaired) electrons. The third-order valence-corrected chi connectivity index (χ3v) is 2.45. The normalized spacial score (nSPS) is 38.0. The van der Waals surface area contributed by atoms with E-state index in [4.69, 9.17) is 24.4 Å². The van der Waals surface area contributed by atoms with E-state index in [2.05, 4.69) is 0 Å². The molecule has 1 rings (SSSR count). The minimum Gasteiger partial charge on any atom is -0.480 e. The van der Waals surface area contributed by atoms with Crippen LogP contribution in [0.4, 0.5) is 0 Å². The van der Waals surface area contributed by atoms with Crippen molar-refractivity contribution in [1.29, 1.82) is 0 Å². The Morgan fingerprint density at radius 2 is 2.00 bits per heavy atom. The van der Waals surface area contributed by atoms with E-state index in [-0.39, 0.29) is 0 Å². The number of rotatable bonds is 5. The first kappa shape index (κ1) is 14.3. The third kappa shape index (κ3) is 3.35. The van der Waals surface area contributed by atoms with Gasteiger partial charge in [-0.15, -0.1) is 0 Å². The van der Waals surface area contributed by atoms with E-state index in [1.807, 2.05) is 0 Å². The van der Waals surface area contributed by atoms with E-state index in [1.165, 1.54) is 7.11 Å². The molecule has 1 heterocycles. The second-order valence-corrected chi connectivity index (χ2v) is 3.61. The average Bonchev–Trinajstić information content (AvgIpc) is 2.29. The van der Waals surface area contributed by atoms with Crippen molar-refractivity contribution in [3.8, 4) is 0 Å². The van der Waals surface area contributed by atoms with E-state index in [0.717, 1.165) is 0 Å². The molecule has 0 amide bonds. The van der Waals surface area contributed by atoms with Gasteiger partial charge in [0.25, 0.3) is 0 Å². The van der Waals surface area contributed by atoms with E-state index >= 15 is 0 Å². The highest BCUT2D eigenvalue weighted by Crippen LogP contribution is 2.23. The number of aliphatic hydroxyl groups excluding tert-OH is 3. The molecule has 100 valence electrons. The van der Waals surface area contributed by atoms with Gasteiger partial charge in [0.15, 0.2) is 6.29 Å². The Kier molecular flexibility index (Phi) is 5.25. The van der Waals surface area contributed by atoms with Gasteiger partial charge in [-0.3, -0.25) is 0 Å². The van der Waals surface area contributed by atoms with Crippen molar-refractivity contribution < 1.29 is 39.4 Å². The minimum absolute atomic E-state index is 0.499. The van der Waals surface area contributed by atoms with Gasteiger partial charge in [0, 0.05) is 7.11 Å². The van der Waals surface area contributed by atoms with E-state index in [1.54, 1.807) is 0 Å². The van der Waals surface area contributed by atoms with Crippen LogP contribution in [0.25, 0.3) is 0 Å². The van der Waals surface area contributed by atoms with Crippen LogP contribution >= 0.6 is 0 Å². The fourth-order valence-corrected chi connectivity index (χ4v) is 1.61. The number of hydrogen-bond donors (Lipinski definition) is 4. The maximum atomic E-state index is 10.4. The van der Waals surface area contributed by atoms with Crippen LogP contribution in [0.15, 0.2) is 0 Å². The average molecular weight is 252 g/mol. The quantitative estimate of drug-likeness (QED) is 0.424. The molecule has 17 heavy (non-hydrogen) atoms. The van der Waals surface area contributed by atoms with Crippen molar-refractivity contribution in [1.82, 2.24) is 0 Å². The van der Waals surface area contributed by atoms with Gasteiger partial charge in [0.1, 0.15) is 31.0 Å². The molecule has 5 atom stereocenters. The minimum atomic E-state index is -1.34. The maximum absolute atomic E-state index is 10.4. The summed E-state index contributed by atoms with van der Waals surface area (Å²) in [5.74, 6) is -1.23. The van der Waals surface area contributed by atoms with Crippen LogP contribution in [-0.2, 0) is 19.0 Å². The SMILES string of the molecule is CO[C@H]1O[C@H](CO)[C@H](O)[C@H](OCC(=O)O)[C@H]1O. The molecule has 0 bridgehead atoms. The Balaban J connectivity index is 2.70. The topological polar surface area (TPSA) is 126 Å². The summed E-state index contributed by atoms with van der Waals surface area (Å²) >= 11 is 0. The van der Waals surface area contributed by atoms with E-state index in [0.29, 0.717) is 0 Å². The predicted octanol–water partition coefficient (Wildman–Crippen LogP) is -2.46. The zero-order chi connectivity index (χ0) is 13.0. The van der Waals surface area contributed by atoms with Crippen LogP contribution in [-0.4, -0.2) is 77.4 Å². The van der Waals surface area contributed by atoms with Crippen molar-refractivity contribution in [3.05, 3.63) is 0 Å². The molecule has 0 aromatic carbocycles. The fraction of sp³-hybridized carbons (Fsp3) is 0.889. The van der Waals surface area contributed by atoms with Gasteiger partial charge in [-0.1, -0.05) is 0 Å². The lowest BCUT2D eigenvalue weighted by Gasteiger charge is -2.40. The summed E-state index contributed by atoms with van der Waals surface area (Å²) in [5.41, 5.74) is 0. The largest absolute Gasteiger partial charge is 0.480 e. The van der Waals surface area contributed by atoms with Crippen molar-refractivity contribution in [2.75, 3.05) is 20.3 Å². The van der Waals surface area contributed by atoms with Crippen molar-refractivity contribution in [2.45, 2.75) is 30.7 Å². The van der Waals surface area contributed by atoms with Gasteiger partial charge in [0.2, 0.25) is 0 Å². The summed E-state index contributed by atoms with van der Waals surface area (Å²) in [6, 6.07) is 0. The third-order valence-electron chi connectivity index (χ3n) is 2.45. The molecular weight excluding hydrogens is 236 g/mol. The molecule has 0 aliphatic carbocycles. The number of carbonyl (C=O) groups is 1. The lowest BCUT2D eigenvalue weighted by molar-refractivity contribution is -0.301. The second-order valence-electron chi connectivity index (χ2n) is 3.61. The van der Waals surface area contributed by atoms with Crippen molar-refractivity contribution in [3.63, 3.8) is 0 Å². The molecule has 8 heteroatoms. The van der Waals surface area contributed by atoms with Gasteiger partial charge in [-0.2, -0.15) is 0 Å². The molecule has 1 saturated heterocycles. The van der Waals surface area contributed by atoms with Crippen LogP contribution in [0.2, 0.25) is 0 Å². The highest BCUT2D eigenvalue weighted by atomic mass is 16.7. The lowest BCUT2D eigenvalue weighted by atomic mass is 9.99. The highest BCUT2D eigenvalue weighted by molar-refractivity contribution is 5.68. The summed E-state index contributed by atoms with van der Waals surface area (Å²) < 4.78 is 14.7. The number of aliphatic hydroxyl groups is 3. The van der Waals surface area contributed by atoms with Crippen LogP contribution < -0.4 is 0 Å². The smallest absolute Gasteiger partial charge is 0.329 e. The van der Waals surface area contributed by atoms with Gasteiger partial charge in [-0.25, -0.2) is 4.79 Å². The Morgan fingerprint density at radius 3 is 2.47 bits per heavy atom. The Labute approximate surface area is 97.3 Å². The van der Waals surface area contributed by atoms with Crippen LogP contribution in [0.1, 0.15) is 0 Å². The van der Waals surface area contributed by atoms with Gasteiger partial charge in [0.05, 0.1) is 6.61 Å². The summed E-state index contributed by atoms with van der Waals surface area (Å²) in [5, 5.41) is 36.8. The van der Waals surface area contributed by atoms with Gasteiger partial charge >= 0.3 is 5.97 Å².